The molecule has 0 aromatic heterocycles. The van der Waals surface area contributed by atoms with E-state index < -0.39 is 10.8 Å². The Hall–Kier alpha value is -4.20. The molecule has 1 N–H and O–H groups in total. The van der Waals surface area contributed by atoms with E-state index in [9.17, 15) is 19.7 Å². The highest BCUT2D eigenvalue weighted by molar-refractivity contribution is 6.07. The lowest BCUT2D eigenvalue weighted by Crippen LogP contribution is -2.14. The van der Waals surface area contributed by atoms with Gasteiger partial charge in [-0.1, -0.05) is 18.2 Å². The zero-order chi connectivity index (χ0) is 21.5. The Kier molecular flexibility index (Phi) is 6.39. The van der Waals surface area contributed by atoms with Crippen LogP contribution in [0.2, 0.25) is 0 Å². The summed E-state index contributed by atoms with van der Waals surface area (Å²) >= 11 is 0. The summed E-state index contributed by atoms with van der Waals surface area (Å²) in [7, 11) is 1.54. The predicted molar refractivity (Wildman–Crippen MR) is 110 cm³/mol. The van der Waals surface area contributed by atoms with Crippen LogP contribution in [-0.2, 0) is 0 Å². The molecule has 0 saturated heterocycles. The zero-order valence-corrected chi connectivity index (χ0v) is 16.0. The molecule has 0 fully saturated rings. The van der Waals surface area contributed by atoms with Gasteiger partial charge in [0.1, 0.15) is 17.1 Å². The summed E-state index contributed by atoms with van der Waals surface area (Å²) in [6.07, 6.45) is 0. The summed E-state index contributed by atoms with van der Waals surface area (Å²) in [5.74, 6) is 0.188. The fourth-order valence-electron chi connectivity index (χ4n) is 2.70. The maximum atomic E-state index is 12.4. The third-order valence-corrected chi connectivity index (χ3v) is 4.22. The molecule has 30 heavy (non-hydrogen) atoms. The van der Waals surface area contributed by atoms with Crippen LogP contribution in [0.5, 0.6) is 11.5 Å². The van der Waals surface area contributed by atoms with Crippen LogP contribution in [0.3, 0.4) is 0 Å². The standard InChI is InChI=1S/C22H18N2O6/c1-29-17-11-9-15(10-12-17)21(25)14-30-18-6-4-5-16(13-18)23-22(26)19-7-2-3-8-20(19)24(27)28/h2-13H,14H2,1H3,(H,23,26). The molecule has 8 heteroatoms. The van der Waals surface area contributed by atoms with Gasteiger partial charge in [-0.3, -0.25) is 19.7 Å². The van der Waals surface area contributed by atoms with Crippen molar-refractivity contribution in [3.8, 4) is 11.5 Å². The third kappa shape index (κ3) is 4.99. The lowest BCUT2D eigenvalue weighted by Gasteiger charge is -2.09. The van der Waals surface area contributed by atoms with Crippen LogP contribution in [0, 0.1) is 10.1 Å². The van der Waals surface area contributed by atoms with E-state index in [4.69, 9.17) is 9.47 Å². The van der Waals surface area contributed by atoms with E-state index in [-0.39, 0.29) is 23.6 Å². The van der Waals surface area contributed by atoms with Crippen LogP contribution in [0.25, 0.3) is 0 Å². The van der Waals surface area contributed by atoms with Gasteiger partial charge in [0.05, 0.1) is 12.0 Å². The number of carbonyl (C=O) groups excluding carboxylic acids is 2. The average molecular weight is 406 g/mol. The minimum Gasteiger partial charge on any atom is -0.497 e. The molecule has 0 spiro atoms. The van der Waals surface area contributed by atoms with Crippen molar-refractivity contribution in [2.24, 2.45) is 0 Å². The quantitative estimate of drug-likeness (QED) is 0.343. The smallest absolute Gasteiger partial charge is 0.282 e. The number of ketones is 1. The van der Waals surface area contributed by atoms with Crippen molar-refractivity contribution in [1.29, 1.82) is 0 Å². The molecule has 0 unspecified atom stereocenters. The van der Waals surface area contributed by atoms with Gasteiger partial charge in [0, 0.05) is 23.4 Å². The van der Waals surface area contributed by atoms with Gasteiger partial charge in [0.15, 0.2) is 12.4 Å². The minimum atomic E-state index is -0.617. The van der Waals surface area contributed by atoms with Crippen molar-refractivity contribution in [3.05, 3.63) is 94.0 Å². The Bertz CT molecular complexity index is 1080. The number of nitro groups is 1. The Balaban J connectivity index is 1.65. The Morgan fingerprint density at radius 1 is 0.967 bits per heavy atom. The van der Waals surface area contributed by atoms with Crippen molar-refractivity contribution < 1.29 is 24.0 Å². The second kappa shape index (κ2) is 9.33. The number of hydrogen-bond acceptors (Lipinski definition) is 6. The van der Waals surface area contributed by atoms with Crippen LogP contribution in [0.4, 0.5) is 11.4 Å². The molecule has 0 aliphatic heterocycles. The molecule has 0 aliphatic rings. The van der Waals surface area contributed by atoms with Crippen LogP contribution >= 0.6 is 0 Å². The van der Waals surface area contributed by atoms with Crippen molar-refractivity contribution in [2.45, 2.75) is 0 Å². The molecule has 1 amide bonds. The van der Waals surface area contributed by atoms with Crippen LogP contribution in [-0.4, -0.2) is 30.3 Å². The highest BCUT2D eigenvalue weighted by Gasteiger charge is 2.19. The predicted octanol–water partition coefficient (Wildman–Crippen LogP) is 4.12. The topological polar surface area (TPSA) is 108 Å². The highest BCUT2D eigenvalue weighted by Crippen LogP contribution is 2.22. The van der Waals surface area contributed by atoms with E-state index in [1.54, 1.807) is 55.6 Å². The second-order valence-corrected chi connectivity index (χ2v) is 6.20. The number of amides is 1. The van der Waals surface area contributed by atoms with Crippen molar-refractivity contribution in [1.82, 2.24) is 0 Å². The monoisotopic (exact) mass is 406 g/mol. The van der Waals surface area contributed by atoms with E-state index in [0.717, 1.165) is 0 Å². The third-order valence-electron chi connectivity index (χ3n) is 4.22. The first kappa shape index (κ1) is 20.5. The first-order valence-corrected chi connectivity index (χ1v) is 8.93. The molecule has 3 aromatic carbocycles. The number of rotatable bonds is 8. The second-order valence-electron chi connectivity index (χ2n) is 6.20. The molecular weight excluding hydrogens is 388 g/mol. The normalized spacial score (nSPS) is 10.2. The maximum absolute atomic E-state index is 12.4. The Labute approximate surface area is 172 Å². The van der Waals surface area contributed by atoms with Gasteiger partial charge in [-0.15, -0.1) is 0 Å². The van der Waals surface area contributed by atoms with Crippen LogP contribution in [0.1, 0.15) is 20.7 Å². The van der Waals surface area contributed by atoms with E-state index >= 15 is 0 Å². The molecule has 152 valence electrons. The molecule has 0 bridgehead atoms. The molecule has 0 heterocycles. The summed E-state index contributed by atoms with van der Waals surface area (Å²) in [6, 6.07) is 18.8. The number of carbonyl (C=O) groups is 2. The fourth-order valence-corrected chi connectivity index (χ4v) is 2.70. The van der Waals surface area contributed by atoms with E-state index in [2.05, 4.69) is 5.32 Å². The van der Waals surface area contributed by atoms with Crippen LogP contribution < -0.4 is 14.8 Å². The SMILES string of the molecule is COc1ccc(C(=O)COc2cccc(NC(=O)c3ccccc3[N+](=O)[O-])c2)cc1. The van der Waals surface area contributed by atoms with Gasteiger partial charge in [0.2, 0.25) is 0 Å². The van der Waals surface area contributed by atoms with Gasteiger partial charge in [0.25, 0.3) is 11.6 Å². The van der Waals surface area contributed by atoms with Crippen molar-refractivity contribution >= 4 is 23.1 Å². The first-order chi connectivity index (χ1) is 14.5. The number of nitro benzene ring substituents is 1. The van der Waals surface area contributed by atoms with E-state index in [0.29, 0.717) is 22.7 Å². The molecule has 0 radical (unpaired) electrons. The highest BCUT2D eigenvalue weighted by atomic mass is 16.6. The fraction of sp³-hybridized carbons (Fsp3) is 0.0909. The van der Waals surface area contributed by atoms with Gasteiger partial charge >= 0.3 is 0 Å². The molecule has 0 atom stereocenters. The summed E-state index contributed by atoms with van der Waals surface area (Å²) in [5, 5.41) is 13.7. The van der Waals surface area contributed by atoms with E-state index in [1.165, 1.54) is 24.3 Å². The average Bonchev–Trinajstić information content (AvgIpc) is 2.77. The number of benzene rings is 3. The number of Topliss-reactive ketones (excluding diaryl/α,β-unsaturated/α-hetero) is 1. The van der Waals surface area contributed by atoms with Crippen molar-refractivity contribution in [2.75, 3.05) is 19.0 Å². The van der Waals surface area contributed by atoms with Gasteiger partial charge < -0.3 is 14.8 Å². The number of hydrogen-bond donors (Lipinski definition) is 1. The number of anilines is 1. The maximum Gasteiger partial charge on any atom is 0.282 e. The van der Waals surface area contributed by atoms with E-state index in [1.807, 2.05) is 0 Å². The molecule has 3 aromatic rings. The van der Waals surface area contributed by atoms with Crippen LogP contribution in [0.15, 0.2) is 72.8 Å². The number of methoxy groups -OCH3 is 1. The number of nitrogens with zero attached hydrogens (tertiary/aromatic N) is 1. The first-order valence-electron chi connectivity index (χ1n) is 8.93. The minimum absolute atomic E-state index is 0.0523. The lowest BCUT2D eigenvalue weighted by molar-refractivity contribution is -0.385. The Morgan fingerprint density at radius 3 is 2.40 bits per heavy atom. The summed E-state index contributed by atoms with van der Waals surface area (Å²) in [4.78, 5) is 35.2. The summed E-state index contributed by atoms with van der Waals surface area (Å²) < 4.78 is 10.6. The molecule has 0 saturated carbocycles. The lowest BCUT2D eigenvalue weighted by atomic mass is 10.1. The number of nitrogens with one attached hydrogen (secondary N) is 1. The molecular formula is C22H18N2O6. The molecule has 8 nitrogen and oxygen atoms in total. The summed E-state index contributed by atoms with van der Waals surface area (Å²) in [6.45, 7) is -0.187. The largest absolute Gasteiger partial charge is 0.497 e. The number of ether oxygens (including phenoxy) is 2. The van der Waals surface area contributed by atoms with Crippen molar-refractivity contribution in [3.63, 3.8) is 0 Å². The van der Waals surface area contributed by atoms with Gasteiger partial charge in [-0.05, 0) is 42.5 Å². The number of para-hydroxylation sites is 1. The Morgan fingerprint density at radius 2 is 1.70 bits per heavy atom. The summed E-state index contributed by atoms with van der Waals surface area (Å²) in [5.41, 5.74) is 0.528. The van der Waals surface area contributed by atoms with Gasteiger partial charge in [-0.25, -0.2) is 0 Å². The molecule has 3 rings (SSSR count). The molecule has 0 aliphatic carbocycles. The zero-order valence-electron chi connectivity index (χ0n) is 16.0. The van der Waals surface area contributed by atoms with Gasteiger partial charge in [-0.2, -0.15) is 0 Å².